The van der Waals surface area contributed by atoms with Gasteiger partial charge in [0.1, 0.15) is 5.75 Å². The van der Waals surface area contributed by atoms with E-state index < -0.39 is 0 Å². The smallest absolute Gasteiger partial charge is 0.125 e. The summed E-state index contributed by atoms with van der Waals surface area (Å²) < 4.78 is 17.5. The van der Waals surface area contributed by atoms with Crippen molar-refractivity contribution in [3.8, 4) is 5.75 Å². The average Bonchev–Trinajstić information content (AvgIpc) is 2.68. The molecule has 0 unspecified atom stereocenters. The maximum atomic E-state index is 6.38. The predicted molar refractivity (Wildman–Crippen MR) is 97.3 cm³/mol. The summed E-state index contributed by atoms with van der Waals surface area (Å²) in [6.07, 6.45) is 3.11. The zero-order valence-corrected chi connectivity index (χ0v) is 15.3. The van der Waals surface area contributed by atoms with Crippen LogP contribution in [-0.4, -0.2) is 76.0 Å². The monoisotopic (exact) mass is 346 g/mol. The van der Waals surface area contributed by atoms with Gasteiger partial charge in [-0.2, -0.15) is 0 Å². The van der Waals surface area contributed by atoms with Crippen molar-refractivity contribution in [1.82, 2.24) is 9.80 Å². The summed E-state index contributed by atoms with van der Waals surface area (Å²) in [7, 11) is 1.77. The van der Waals surface area contributed by atoms with Crippen molar-refractivity contribution >= 4 is 0 Å². The number of benzene rings is 1. The van der Waals surface area contributed by atoms with Gasteiger partial charge in [0.2, 0.25) is 0 Å². The van der Waals surface area contributed by atoms with Gasteiger partial charge < -0.3 is 19.1 Å². The number of hydrogen-bond acceptors (Lipinski definition) is 5. The van der Waals surface area contributed by atoms with Gasteiger partial charge in [0.25, 0.3) is 0 Å². The minimum Gasteiger partial charge on any atom is -0.496 e. The largest absolute Gasteiger partial charge is 0.496 e. The Balaban J connectivity index is 1.40. The second kappa shape index (κ2) is 7.62. The fourth-order valence-electron chi connectivity index (χ4n) is 4.54. The Labute approximate surface area is 150 Å². The number of ether oxygens (including phenoxy) is 3. The maximum Gasteiger partial charge on any atom is 0.125 e. The second-order valence-corrected chi connectivity index (χ2v) is 7.38. The van der Waals surface area contributed by atoms with Gasteiger partial charge in [0.15, 0.2) is 0 Å². The summed E-state index contributed by atoms with van der Waals surface area (Å²) >= 11 is 0. The number of rotatable bonds is 4. The van der Waals surface area contributed by atoms with Crippen LogP contribution in [0.2, 0.25) is 0 Å². The molecule has 1 aromatic rings. The number of hydrogen-bond donors (Lipinski definition) is 0. The molecular formula is C20H30N2O3. The lowest BCUT2D eigenvalue weighted by molar-refractivity contribution is -0.0998. The van der Waals surface area contributed by atoms with Crippen molar-refractivity contribution in [3.63, 3.8) is 0 Å². The topological polar surface area (TPSA) is 34.2 Å². The third-order valence-electron chi connectivity index (χ3n) is 6.04. The van der Waals surface area contributed by atoms with Crippen LogP contribution < -0.4 is 4.74 Å². The molecular weight excluding hydrogens is 316 g/mol. The summed E-state index contributed by atoms with van der Waals surface area (Å²) in [5.41, 5.74) is 2.58. The molecule has 1 aromatic carbocycles. The zero-order valence-electron chi connectivity index (χ0n) is 15.3. The summed E-state index contributed by atoms with van der Waals surface area (Å²) in [5, 5.41) is 0. The quantitative estimate of drug-likeness (QED) is 0.832. The van der Waals surface area contributed by atoms with Crippen LogP contribution in [0.15, 0.2) is 18.2 Å². The van der Waals surface area contributed by atoms with Gasteiger partial charge in [-0.15, -0.1) is 0 Å². The van der Waals surface area contributed by atoms with E-state index in [1.54, 1.807) is 7.11 Å². The van der Waals surface area contributed by atoms with Crippen LogP contribution in [0.3, 0.4) is 0 Å². The van der Waals surface area contributed by atoms with Crippen molar-refractivity contribution in [1.29, 1.82) is 0 Å². The first-order valence-corrected chi connectivity index (χ1v) is 9.63. The number of methoxy groups -OCH3 is 1. The second-order valence-electron chi connectivity index (χ2n) is 7.38. The van der Waals surface area contributed by atoms with Crippen LogP contribution in [0.5, 0.6) is 5.75 Å². The van der Waals surface area contributed by atoms with E-state index in [9.17, 15) is 0 Å². The van der Waals surface area contributed by atoms with Gasteiger partial charge in [-0.25, -0.2) is 0 Å². The number of nitrogens with zero attached hydrogens (tertiary/aromatic N) is 2. The molecule has 0 bridgehead atoms. The third kappa shape index (κ3) is 3.56. The molecule has 0 radical (unpaired) electrons. The Morgan fingerprint density at radius 3 is 2.44 bits per heavy atom. The molecule has 5 nitrogen and oxygen atoms in total. The number of fused-ring (bicyclic) bond motifs is 2. The van der Waals surface area contributed by atoms with Gasteiger partial charge in [0, 0.05) is 44.8 Å². The molecule has 0 N–H and O–H groups in total. The third-order valence-corrected chi connectivity index (χ3v) is 6.04. The normalized spacial score (nSPS) is 24.2. The maximum absolute atomic E-state index is 6.38. The zero-order chi connectivity index (χ0) is 17.1. The molecule has 3 aliphatic rings. The molecule has 1 spiro atoms. The Kier molecular flexibility index (Phi) is 5.27. The molecule has 0 saturated carbocycles. The molecule has 138 valence electrons. The summed E-state index contributed by atoms with van der Waals surface area (Å²) in [5.74, 6) is 0.999. The molecule has 5 heteroatoms. The van der Waals surface area contributed by atoms with Crippen LogP contribution in [0.4, 0.5) is 0 Å². The van der Waals surface area contributed by atoms with Gasteiger partial charge in [-0.1, -0.05) is 12.1 Å². The van der Waals surface area contributed by atoms with Gasteiger partial charge in [-0.3, -0.25) is 4.90 Å². The van der Waals surface area contributed by atoms with Crippen molar-refractivity contribution in [2.75, 3.05) is 66.2 Å². The molecule has 25 heavy (non-hydrogen) atoms. The Morgan fingerprint density at radius 2 is 1.72 bits per heavy atom. The van der Waals surface area contributed by atoms with E-state index >= 15 is 0 Å². The van der Waals surface area contributed by atoms with Crippen molar-refractivity contribution in [3.05, 3.63) is 29.3 Å². The molecule has 3 aliphatic heterocycles. The molecule has 4 rings (SSSR count). The van der Waals surface area contributed by atoms with Crippen LogP contribution >= 0.6 is 0 Å². The SMILES string of the molecule is COc1cccc2c1C1(CCN(CCN3CCOCC3)CC1)OCC2. The molecule has 0 amide bonds. The summed E-state index contributed by atoms with van der Waals surface area (Å²) in [6, 6.07) is 6.43. The highest BCUT2D eigenvalue weighted by atomic mass is 16.5. The van der Waals surface area contributed by atoms with Gasteiger partial charge in [-0.05, 0) is 30.9 Å². The first-order chi connectivity index (χ1) is 12.3. The Hall–Kier alpha value is -1.14. The summed E-state index contributed by atoms with van der Waals surface area (Å²) in [4.78, 5) is 5.11. The molecule has 0 aromatic heterocycles. The van der Waals surface area contributed by atoms with Gasteiger partial charge in [0.05, 0.1) is 32.5 Å². The molecule has 2 fully saturated rings. The van der Waals surface area contributed by atoms with Crippen LogP contribution in [0.25, 0.3) is 0 Å². The highest BCUT2D eigenvalue weighted by Gasteiger charge is 2.42. The van der Waals surface area contributed by atoms with E-state index in [0.717, 1.165) is 84.1 Å². The minimum atomic E-state index is -0.143. The molecule has 2 saturated heterocycles. The van der Waals surface area contributed by atoms with Crippen molar-refractivity contribution < 1.29 is 14.2 Å². The number of morpholine rings is 1. The first-order valence-electron chi connectivity index (χ1n) is 9.63. The van der Waals surface area contributed by atoms with Gasteiger partial charge >= 0.3 is 0 Å². The fourth-order valence-corrected chi connectivity index (χ4v) is 4.54. The number of likely N-dealkylation sites (tertiary alicyclic amines) is 1. The first kappa shape index (κ1) is 17.3. The standard InChI is InChI=1S/C20H30N2O3/c1-23-18-4-2-3-17-5-14-25-20(19(17)18)6-8-21(9-7-20)10-11-22-12-15-24-16-13-22/h2-4H,5-16H2,1H3. The van der Waals surface area contributed by atoms with Crippen molar-refractivity contribution in [2.24, 2.45) is 0 Å². The van der Waals surface area contributed by atoms with E-state index in [2.05, 4.69) is 28.0 Å². The fraction of sp³-hybridized carbons (Fsp3) is 0.700. The predicted octanol–water partition coefficient (Wildman–Crippen LogP) is 1.89. The molecule has 0 aliphatic carbocycles. The van der Waals surface area contributed by atoms with E-state index in [-0.39, 0.29) is 5.60 Å². The Bertz CT molecular complexity index is 564. The van der Waals surface area contributed by atoms with Crippen LogP contribution in [0, 0.1) is 0 Å². The van der Waals surface area contributed by atoms with Crippen LogP contribution in [-0.2, 0) is 21.5 Å². The number of piperidine rings is 1. The van der Waals surface area contributed by atoms with E-state index in [1.807, 2.05) is 0 Å². The minimum absolute atomic E-state index is 0.143. The Morgan fingerprint density at radius 1 is 1.00 bits per heavy atom. The van der Waals surface area contributed by atoms with E-state index in [0.29, 0.717) is 0 Å². The van der Waals surface area contributed by atoms with Crippen LogP contribution in [0.1, 0.15) is 24.0 Å². The lowest BCUT2D eigenvalue weighted by atomic mass is 9.79. The highest BCUT2D eigenvalue weighted by Crippen LogP contribution is 2.45. The average molecular weight is 346 g/mol. The lowest BCUT2D eigenvalue weighted by Gasteiger charge is -2.45. The van der Waals surface area contributed by atoms with Crippen molar-refractivity contribution in [2.45, 2.75) is 24.9 Å². The molecule has 0 atom stereocenters. The van der Waals surface area contributed by atoms with E-state index in [1.165, 1.54) is 11.1 Å². The molecule has 3 heterocycles. The summed E-state index contributed by atoms with van der Waals surface area (Å²) in [6.45, 7) is 9.24. The van der Waals surface area contributed by atoms with E-state index in [4.69, 9.17) is 14.2 Å². The lowest BCUT2D eigenvalue weighted by Crippen LogP contribution is -2.49. The highest BCUT2D eigenvalue weighted by molar-refractivity contribution is 5.46.